The zero-order valence-electron chi connectivity index (χ0n) is 16.5. The second kappa shape index (κ2) is 16.4. The molecule has 0 radical (unpaired) electrons. The van der Waals surface area contributed by atoms with Crippen molar-refractivity contribution in [2.75, 3.05) is 26.2 Å². The highest BCUT2D eigenvalue weighted by molar-refractivity contribution is 5.83. The Bertz CT molecular complexity index is 387. The molecular weight excluding hydrogens is 308 g/mol. The number of β-amino-alcohol motifs (C(OH)–C–C–N with tert-alkyl or cyclic N) is 1. The van der Waals surface area contributed by atoms with E-state index in [-0.39, 0.29) is 6.61 Å². The molecule has 1 N–H and O–H groups in total. The van der Waals surface area contributed by atoms with Crippen LogP contribution in [-0.4, -0.2) is 42.1 Å². The summed E-state index contributed by atoms with van der Waals surface area (Å²) in [5, 5.41) is 9.04. The third kappa shape index (κ3) is 12.0. The van der Waals surface area contributed by atoms with Gasteiger partial charge in [-0.05, 0) is 38.5 Å². The lowest BCUT2D eigenvalue weighted by atomic mass is 10.1. The maximum Gasteiger partial charge on any atom is 0.0991 e. The van der Waals surface area contributed by atoms with Gasteiger partial charge in [0.1, 0.15) is 0 Å². The number of amidine groups is 1. The van der Waals surface area contributed by atoms with E-state index in [0.717, 1.165) is 32.5 Å². The first-order valence-corrected chi connectivity index (χ1v) is 10.6. The van der Waals surface area contributed by atoms with E-state index in [1.165, 1.54) is 70.0 Å². The first-order chi connectivity index (χ1) is 12.4. The molecule has 0 saturated carbocycles. The van der Waals surface area contributed by atoms with Gasteiger partial charge in [0.2, 0.25) is 0 Å². The Kier molecular flexibility index (Phi) is 14.4. The van der Waals surface area contributed by atoms with Gasteiger partial charge in [-0.3, -0.25) is 4.99 Å². The maximum atomic E-state index is 9.04. The number of aliphatic imine (C=N–C) groups is 1. The zero-order valence-corrected chi connectivity index (χ0v) is 16.5. The molecular formula is C22H40N2O. The van der Waals surface area contributed by atoms with Gasteiger partial charge < -0.3 is 10.0 Å². The second-order valence-electron chi connectivity index (χ2n) is 6.99. The monoisotopic (exact) mass is 348 g/mol. The molecule has 0 aliphatic carbocycles. The van der Waals surface area contributed by atoms with Crippen molar-refractivity contribution in [3.05, 3.63) is 24.3 Å². The van der Waals surface area contributed by atoms with Gasteiger partial charge in [-0.15, -0.1) is 0 Å². The fraction of sp³-hybridized carbons (Fsp3) is 0.773. The van der Waals surface area contributed by atoms with Crippen LogP contribution in [0.3, 0.4) is 0 Å². The van der Waals surface area contributed by atoms with Crippen molar-refractivity contribution in [2.45, 2.75) is 84.0 Å². The van der Waals surface area contributed by atoms with Crippen molar-refractivity contribution in [1.29, 1.82) is 0 Å². The number of hydrogen-bond acceptors (Lipinski definition) is 3. The van der Waals surface area contributed by atoms with Crippen LogP contribution < -0.4 is 0 Å². The summed E-state index contributed by atoms with van der Waals surface area (Å²) in [5.41, 5.74) is 0. The molecule has 3 heteroatoms. The Hall–Kier alpha value is -1.09. The predicted octanol–water partition coefficient (Wildman–Crippen LogP) is 5.51. The number of aliphatic hydroxyl groups excluding tert-OH is 1. The van der Waals surface area contributed by atoms with Gasteiger partial charge in [0, 0.05) is 19.5 Å². The number of nitrogens with zero attached hydrogens (tertiary/aromatic N) is 2. The third-order valence-corrected chi connectivity index (χ3v) is 4.75. The molecule has 0 aromatic carbocycles. The Morgan fingerprint density at radius 2 is 1.60 bits per heavy atom. The molecule has 1 aliphatic rings. The number of rotatable bonds is 16. The Labute approximate surface area is 155 Å². The molecule has 0 bridgehead atoms. The van der Waals surface area contributed by atoms with Gasteiger partial charge in [0.05, 0.1) is 19.0 Å². The normalized spacial score (nSPS) is 15.0. The molecule has 0 aromatic heterocycles. The Morgan fingerprint density at radius 1 is 0.920 bits per heavy atom. The topological polar surface area (TPSA) is 35.8 Å². The van der Waals surface area contributed by atoms with Crippen LogP contribution in [0.2, 0.25) is 0 Å². The average Bonchev–Trinajstić information content (AvgIpc) is 3.06. The number of hydrogen-bond donors (Lipinski definition) is 1. The lowest BCUT2D eigenvalue weighted by Crippen LogP contribution is -2.30. The van der Waals surface area contributed by atoms with E-state index in [1.807, 2.05) is 0 Å². The van der Waals surface area contributed by atoms with Gasteiger partial charge in [-0.1, -0.05) is 63.3 Å². The van der Waals surface area contributed by atoms with Crippen molar-refractivity contribution < 1.29 is 5.11 Å². The summed E-state index contributed by atoms with van der Waals surface area (Å²) in [5.74, 6) is 1.22. The Balaban J connectivity index is 1.86. The van der Waals surface area contributed by atoms with Crippen molar-refractivity contribution in [3.8, 4) is 0 Å². The summed E-state index contributed by atoms with van der Waals surface area (Å²) in [4.78, 5) is 6.80. The van der Waals surface area contributed by atoms with Gasteiger partial charge >= 0.3 is 0 Å². The quantitative estimate of drug-likeness (QED) is 0.295. The van der Waals surface area contributed by atoms with E-state index in [2.05, 4.69) is 41.1 Å². The van der Waals surface area contributed by atoms with E-state index in [1.54, 1.807) is 0 Å². The van der Waals surface area contributed by atoms with E-state index < -0.39 is 0 Å². The van der Waals surface area contributed by atoms with Crippen molar-refractivity contribution in [1.82, 2.24) is 4.90 Å². The summed E-state index contributed by atoms with van der Waals surface area (Å²) in [7, 11) is 0. The molecule has 1 aliphatic heterocycles. The van der Waals surface area contributed by atoms with Gasteiger partial charge in [-0.2, -0.15) is 0 Å². The SMILES string of the molecule is CCCCC/C=C/C/C=C/CCCCCCCC1=NCCN1CCO. The molecule has 0 unspecified atom stereocenters. The molecule has 0 aromatic rings. The molecule has 1 heterocycles. The summed E-state index contributed by atoms with van der Waals surface area (Å²) < 4.78 is 0. The summed E-state index contributed by atoms with van der Waals surface area (Å²) in [6.07, 6.45) is 24.5. The summed E-state index contributed by atoms with van der Waals surface area (Å²) in [6, 6.07) is 0. The van der Waals surface area contributed by atoms with Crippen LogP contribution in [0.25, 0.3) is 0 Å². The molecule has 0 atom stereocenters. The first-order valence-electron chi connectivity index (χ1n) is 10.6. The van der Waals surface area contributed by atoms with E-state index in [4.69, 9.17) is 5.11 Å². The third-order valence-electron chi connectivity index (χ3n) is 4.75. The van der Waals surface area contributed by atoms with Crippen LogP contribution in [0.5, 0.6) is 0 Å². The molecule has 0 amide bonds. The van der Waals surface area contributed by atoms with Crippen LogP contribution >= 0.6 is 0 Å². The van der Waals surface area contributed by atoms with Crippen LogP contribution in [0.4, 0.5) is 0 Å². The van der Waals surface area contributed by atoms with Gasteiger partial charge in [0.15, 0.2) is 0 Å². The van der Waals surface area contributed by atoms with Crippen molar-refractivity contribution >= 4 is 5.84 Å². The average molecular weight is 349 g/mol. The highest BCUT2D eigenvalue weighted by atomic mass is 16.3. The summed E-state index contributed by atoms with van der Waals surface area (Å²) >= 11 is 0. The Morgan fingerprint density at radius 3 is 2.32 bits per heavy atom. The van der Waals surface area contributed by atoms with E-state index >= 15 is 0 Å². The molecule has 0 saturated heterocycles. The van der Waals surface area contributed by atoms with Crippen LogP contribution in [0.15, 0.2) is 29.3 Å². The highest BCUT2D eigenvalue weighted by Crippen LogP contribution is 2.12. The highest BCUT2D eigenvalue weighted by Gasteiger charge is 2.14. The van der Waals surface area contributed by atoms with Crippen LogP contribution in [0, 0.1) is 0 Å². The summed E-state index contributed by atoms with van der Waals surface area (Å²) in [6.45, 7) is 5.15. The largest absolute Gasteiger partial charge is 0.395 e. The zero-order chi connectivity index (χ0) is 18.0. The maximum absolute atomic E-state index is 9.04. The minimum absolute atomic E-state index is 0.237. The second-order valence-corrected chi connectivity index (χ2v) is 6.99. The predicted molar refractivity (Wildman–Crippen MR) is 110 cm³/mol. The first kappa shape index (κ1) is 22.0. The van der Waals surface area contributed by atoms with Crippen LogP contribution in [-0.2, 0) is 0 Å². The molecule has 144 valence electrons. The van der Waals surface area contributed by atoms with Crippen molar-refractivity contribution in [3.63, 3.8) is 0 Å². The fourth-order valence-electron chi connectivity index (χ4n) is 3.22. The molecule has 0 spiro atoms. The minimum atomic E-state index is 0.237. The minimum Gasteiger partial charge on any atom is -0.395 e. The number of unbranched alkanes of at least 4 members (excludes halogenated alkanes) is 8. The molecule has 3 nitrogen and oxygen atoms in total. The standard InChI is InChI=1S/C22H40N2O/c1-2-3-4-5-6-7-8-9-10-11-12-13-14-15-16-17-22-23-18-19-24(22)20-21-25/h6-7,9-10,25H,2-5,8,11-21H2,1H3/b7-6+,10-9+. The van der Waals surface area contributed by atoms with Crippen LogP contribution in [0.1, 0.15) is 84.0 Å². The smallest absolute Gasteiger partial charge is 0.0991 e. The van der Waals surface area contributed by atoms with E-state index in [0.29, 0.717) is 0 Å². The number of aliphatic hydroxyl groups is 1. The molecule has 25 heavy (non-hydrogen) atoms. The molecule has 0 fully saturated rings. The fourth-order valence-corrected chi connectivity index (χ4v) is 3.22. The van der Waals surface area contributed by atoms with E-state index in [9.17, 15) is 0 Å². The lowest BCUT2D eigenvalue weighted by molar-refractivity contribution is 0.255. The van der Waals surface area contributed by atoms with Gasteiger partial charge in [-0.25, -0.2) is 0 Å². The number of allylic oxidation sites excluding steroid dienone is 4. The van der Waals surface area contributed by atoms with Gasteiger partial charge in [0.25, 0.3) is 0 Å². The molecule has 1 rings (SSSR count). The van der Waals surface area contributed by atoms with Crippen molar-refractivity contribution in [2.24, 2.45) is 4.99 Å². The lowest BCUT2D eigenvalue weighted by Gasteiger charge is -2.18.